The Morgan fingerprint density at radius 2 is 1.86 bits per heavy atom. The monoisotopic (exact) mass is 316 g/mol. The minimum atomic E-state index is -0.261. The Balaban J connectivity index is 0.00000400. The van der Waals surface area contributed by atoms with Crippen molar-refractivity contribution in [2.24, 2.45) is 5.73 Å². The predicted octanol–water partition coefficient (Wildman–Crippen LogP) is 3.68. The first-order chi connectivity index (χ1) is 9.57. The van der Waals surface area contributed by atoms with Crippen molar-refractivity contribution >= 4 is 18.3 Å². The fourth-order valence-electron chi connectivity index (χ4n) is 2.19. The minimum absolute atomic E-state index is 0. The van der Waals surface area contributed by atoms with Crippen LogP contribution in [0.25, 0.3) is 0 Å². The van der Waals surface area contributed by atoms with E-state index in [-0.39, 0.29) is 30.2 Å². The van der Waals surface area contributed by atoms with Gasteiger partial charge < -0.3 is 10.6 Å². The molecule has 0 aromatic heterocycles. The summed E-state index contributed by atoms with van der Waals surface area (Å²) in [6.07, 6.45) is 4.48. The van der Waals surface area contributed by atoms with Gasteiger partial charge in [0.05, 0.1) is 6.04 Å². The maximum absolute atomic E-state index is 13.7. The molecule has 5 heteroatoms. The first kappa shape index (κ1) is 19.9. The van der Waals surface area contributed by atoms with Crippen molar-refractivity contribution in [2.75, 3.05) is 13.6 Å². The Hall–Kier alpha value is -1.13. The van der Waals surface area contributed by atoms with E-state index in [1.807, 2.05) is 6.92 Å². The predicted molar refractivity (Wildman–Crippen MR) is 87.0 cm³/mol. The molecule has 1 amide bonds. The van der Waals surface area contributed by atoms with E-state index >= 15 is 0 Å². The van der Waals surface area contributed by atoms with E-state index in [0.29, 0.717) is 18.5 Å². The molecular formula is C16H26ClFN2O. The number of unbranched alkanes of at least 4 members (excludes halogenated alkanes) is 3. The number of nitrogens with two attached hydrogens (primary N) is 1. The zero-order valence-electron chi connectivity index (χ0n) is 12.8. The third-order valence-corrected chi connectivity index (χ3v) is 3.67. The van der Waals surface area contributed by atoms with Crippen molar-refractivity contribution in [3.8, 4) is 0 Å². The molecule has 1 rings (SSSR count). The summed E-state index contributed by atoms with van der Waals surface area (Å²) < 4.78 is 13.7. The van der Waals surface area contributed by atoms with Crippen molar-refractivity contribution in [3.63, 3.8) is 0 Å². The van der Waals surface area contributed by atoms with Crippen LogP contribution < -0.4 is 5.73 Å². The molecule has 0 heterocycles. The van der Waals surface area contributed by atoms with Crippen LogP contribution in [0, 0.1) is 5.82 Å². The summed E-state index contributed by atoms with van der Waals surface area (Å²) in [6, 6.07) is 6.36. The van der Waals surface area contributed by atoms with Crippen LogP contribution in [0.1, 0.15) is 50.6 Å². The molecule has 1 unspecified atom stereocenters. The zero-order valence-corrected chi connectivity index (χ0v) is 13.7. The van der Waals surface area contributed by atoms with Gasteiger partial charge in [-0.05, 0) is 32.4 Å². The lowest BCUT2D eigenvalue weighted by atomic mass is 10.1. The van der Waals surface area contributed by atoms with E-state index in [0.717, 1.165) is 25.7 Å². The topological polar surface area (TPSA) is 46.3 Å². The lowest BCUT2D eigenvalue weighted by molar-refractivity contribution is -0.132. The molecule has 1 aromatic carbocycles. The van der Waals surface area contributed by atoms with Crippen LogP contribution in [0.2, 0.25) is 0 Å². The quantitative estimate of drug-likeness (QED) is 0.744. The van der Waals surface area contributed by atoms with Crippen LogP contribution in [-0.2, 0) is 4.79 Å². The van der Waals surface area contributed by atoms with Gasteiger partial charge in [-0.3, -0.25) is 4.79 Å². The normalized spacial score (nSPS) is 11.6. The third kappa shape index (κ3) is 6.44. The molecule has 21 heavy (non-hydrogen) atoms. The van der Waals surface area contributed by atoms with Crippen LogP contribution in [0.4, 0.5) is 4.39 Å². The molecule has 0 spiro atoms. The average molecular weight is 317 g/mol. The summed E-state index contributed by atoms with van der Waals surface area (Å²) in [7, 11) is 1.74. The highest BCUT2D eigenvalue weighted by Crippen LogP contribution is 2.22. The second-order valence-electron chi connectivity index (χ2n) is 5.16. The first-order valence-corrected chi connectivity index (χ1v) is 7.28. The molecule has 1 aromatic rings. The number of hydrogen-bond donors (Lipinski definition) is 1. The van der Waals surface area contributed by atoms with E-state index < -0.39 is 0 Å². The maximum atomic E-state index is 13.7. The first-order valence-electron chi connectivity index (χ1n) is 7.28. The fourth-order valence-corrected chi connectivity index (χ4v) is 2.19. The highest BCUT2D eigenvalue weighted by Gasteiger charge is 2.19. The van der Waals surface area contributed by atoms with Gasteiger partial charge in [-0.1, -0.05) is 31.0 Å². The Morgan fingerprint density at radius 1 is 1.24 bits per heavy atom. The highest BCUT2D eigenvalue weighted by atomic mass is 35.5. The number of carbonyl (C=O) groups excluding carboxylic acids is 1. The largest absolute Gasteiger partial charge is 0.339 e. The van der Waals surface area contributed by atoms with Gasteiger partial charge in [-0.25, -0.2) is 4.39 Å². The van der Waals surface area contributed by atoms with E-state index in [2.05, 4.69) is 0 Å². The van der Waals surface area contributed by atoms with Crippen LogP contribution in [0.5, 0.6) is 0 Å². The van der Waals surface area contributed by atoms with Crippen LogP contribution >= 0.6 is 12.4 Å². The Morgan fingerprint density at radius 3 is 2.48 bits per heavy atom. The maximum Gasteiger partial charge on any atom is 0.222 e. The van der Waals surface area contributed by atoms with Gasteiger partial charge in [0, 0.05) is 19.0 Å². The van der Waals surface area contributed by atoms with Gasteiger partial charge in [0.1, 0.15) is 5.82 Å². The molecule has 0 aliphatic carbocycles. The van der Waals surface area contributed by atoms with Crippen molar-refractivity contribution in [3.05, 3.63) is 35.6 Å². The molecule has 0 saturated heterocycles. The second kappa shape index (κ2) is 10.6. The number of carbonyl (C=O) groups is 1. The molecule has 0 radical (unpaired) electrons. The van der Waals surface area contributed by atoms with Crippen LogP contribution in [0.15, 0.2) is 24.3 Å². The van der Waals surface area contributed by atoms with E-state index in [1.54, 1.807) is 30.1 Å². The van der Waals surface area contributed by atoms with Gasteiger partial charge >= 0.3 is 0 Å². The summed E-state index contributed by atoms with van der Waals surface area (Å²) in [5.41, 5.74) is 5.99. The summed E-state index contributed by atoms with van der Waals surface area (Å²) >= 11 is 0. The highest BCUT2D eigenvalue weighted by molar-refractivity contribution is 5.85. The number of rotatable bonds is 8. The number of benzene rings is 1. The average Bonchev–Trinajstić information content (AvgIpc) is 2.46. The number of halogens is 2. The van der Waals surface area contributed by atoms with Gasteiger partial charge in [0.25, 0.3) is 0 Å². The summed E-state index contributed by atoms with van der Waals surface area (Å²) in [5, 5.41) is 0. The molecular weight excluding hydrogens is 291 g/mol. The Kier molecular flexibility index (Phi) is 10.0. The van der Waals surface area contributed by atoms with Crippen molar-refractivity contribution < 1.29 is 9.18 Å². The van der Waals surface area contributed by atoms with Crippen molar-refractivity contribution in [2.45, 2.75) is 45.1 Å². The summed E-state index contributed by atoms with van der Waals surface area (Å²) in [6.45, 7) is 2.56. The van der Waals surface area contributed by atoms with Gasteiger partial charge in [0.2, 0.25) is 5.91 Å². The Bertz CT molecular complexity index is 428. The van der Waals surface area contributed by atoms with Crippen LogP contribution in [0.3, 0.4) is 0 Å². The molecule has 1 atom stereocenters. The second-order valence-corrected chi connectivity index (χ2v) is 5.16. The Labute approximate surface area is 133 Å². The molecule has 120 valence electrons. The fraction of sp³-hybridized carbons (Fsp3) is 0.562. The van der Waals surface area contributed by atoms with Crippen molar-refractivity contribution in [1.29, 1.82) is 0 Å². The van der Waals surface area contributed by atoms with E-state index in [9.17, 15) is 9.18 Å². The number of amides is 1. The lowest BCUT2D eigenvalue weighted by Crippen LogP contribution is -2.29. The molecule has 0 fully saturated rings. The molecule has 0 bridgehead atoms. The van der Waals surface area contributed by atoms with Gasteiger partial charge in [-0.15, -0.1) is 12.4 Å². The zero-order chi connectivity index (χ0) is 15.0. The molecule has 3 nitrogen and oxygen atoms in total. The molecule has 0 aliphatic rings. The SMILES string of the molecule is CC(c1ccccc1F)N(C)C(=O)CCCCCCN.Cl. The molecule has 2 N–H and O–H groups in total. The minimum Gasteiger partial charge on any atom is -0.339 e. The van der Waals surface area contributed by atoms with Gasteiger partial charge in [-0.2, -0.15) is 0 Å². The molecule has 0 aliphatic heterocycles. The summed E-state index contributed by atoms with van der Waals surface area (Å²) in [5.74, 6) is -0.198. The van der Waals surface area contributed by atoms with Gasteiger partial charge in [0.15, 0.2) is 0 Å². The van der Waals surface area contributed by atoms with E-state index in [1.165, 1.54) is 6.07 Å². The summed E-state index contributed by atoms with van der Waals surface area (Å²) in [4.78, 5) is 13.7. The van der Waals surface area contributed by atoms with Crippen molar-refractivity contribution in [1.82, 2.24) is 4.90 Å². The third-order valence-electron chi connectivity index (χ3n) is 3.67. The number of nitrogens with zero attached hydrogens (tertiary/aromatic N) is 1. The number of hydrogen-bond acceptors (Lipinski definition) is 2. The lowest BCUT2D eigenvalue weighted by Gasteiger charge is -2.25. The standard InChI is InChI=1S/C16H25FN2O.ClH/c1-13(14-9-6-7-10-15(14)17)19(2)16(20)11-5-3-4-8-12-18;/h6-7,9-10,13H,3-5,8,11-12,18H2,1-2H3;1H. The molecule has 0 saturated carbocycles. The smallest absolute Gasteiger partial charge is 0.222 e. The van der Waals surface area contributed by atoms with E-state index in [4.69, 9.17) is 5.73 Å². The van der Waals surface area contributed by atoms with Crippen LogP contribution in [-0.4, -0.2) is 24.4 Å².